The third-order valence-electron chi connectivity index (χ3n) is 5.11. The van der Waals surface area contributed by atoms with Crippen LogP contribution in [0.1, 0.15) is 44.0 Å². The Morgan fingerprint density at radius 1 is 1.31 bits per heavy atom. The van der Waals surface area contributed by atoms with Crippen molar-refractivity contribution in [3.63, 3.8) is 0 Å². The van der Waals surface area contributed by atoms with Gasteiger partial charge in [0.15, 0.2) is 5.75 Å². The van der Waals surface area contributed by atoms with E-state index in [0.717, 1.165) is 4.47 Å². The molecule has 1 N–H and O–H groups in total. The number of nitrogens with zero attached hydrogens (tertiary/aromatic N) is 3. The van der Waals surface area contributed by atoms with Crippen molar-refractivity contribution in [1.29, 1.82) is 0 Å². The number of fused-ring (bicyclic) bond motifs is 4. The molecule has 2 amide bonds. The Morgan fingerprint density at radius 2 is 2.03 bits per heavy atom. The molecule has 4 rings (SSSR count). The van der Waals surface area contributed by atoms with Gasteiger partial charge in [-0.1, -0.05) is 15.9 Å². The lowest BCUT2D eigenvalue weighted by Crippen LogP contribution is -2.53. The standard InChI is InChI=1S/C22H22BrFN4O4/c1-11-8-14-17(18(24)25-11)31-15-7-6-12(23)9-13(15)22(14)10-16(29)28(5)19(27-22)26-20(30)32-21(2,3)4/h6-9H,10H2,1-5H3,(H,26,27,30). The monoisotopic (exact) mass is 504 g/mol. The van der Waals surface area contributed by atoms with Gasteiger partial charge in [0.2, 0.25) is 11.9 Å². The lowest BCUT2D eigenvalue weighted by atomic mass is 9.77. The number of hydrogen-bond acceptors (Lipinski definition) is 6. The molecular formula is C22H22BrFN4O4. The number of carbonyl (C=O) groups is 2. The summed E-state index contributed by atoms with van der Waals surface area (Å²) in [5, 5.41) is 2.56. The average Bonchev–Trinajstić information content (AvgIpc) is 2.66. The van der Waals surface area contributed by atoms with Gasteiger partial charge < -0.3 is 9.47 Å². The Bertz CT molecular complexity index is 1180. The molecule has 2 aliphatic rings. The van der Waals surface area contributed by atoms with Crippen LogP contribution in [0.5, 0.6) is 11.5 Å². The zero-order chi connectivity index (χ0) is 23.4. The first-order chi connectivity index (χ1) is 14.9. The highest BCUT2D eigenvalue weighted by Crippen LogP contribution is 2.53. The van der Waals surface area contributed by atoms with Gasteiger partial charge in [0.05, 0.1) is 6.42 Å². The van der Waals surface area contributed by atoms with E-state index in [0.29, 0.717) is 22.6 Å². The van der Waals surface area contributed by atoms with Gasteiger partial charge >= 0.3 is 6.09 Å². The summed E-state index contributed by atoms with van der Waals surface area (Å²) in [5.41, 5.74) is -0.734. The number of carbonyl (C=O) groups excluding carboxylic acids is 2. The molecule has 0 fully saturated rings. The molecular weight excluding hydrogens is 483 g/mol. The zero-order valence-corrected chi connectivity index (χ0v) is 19.8. The second kappa shape index (κ2) is 7.54. The predicted octanol–water partition coefficient (Wildman–Crippen LogP) is 4.38. The summed E-state index contributed by atoms with van der Waals surface area (Å²) in [7, 11) is 1.51. The fourth-order valence-corrected chi connectivity index (χ4v) is 4.13. The average molecular weight is 505 g/mol. The largest absolute Gasteiger partial charge is 0.452 e. The molecule has 0 radical (unpaired) electrons. The Hall–Kier alpha value is -3.01. The van der Waals surface area contributed by atoms with E-state index in [4.69, 9.17) is 14.5 Å². The summed E-state index contributed by atoms with van der Waals surface area (Å²) in [6.45, 7) is 6.83. The van der Waals surface area contributed by atoms with E-state index in [1.165, 1.54) is 11.9 Å². The molecule has 168 valence electrons. The number of pyridine rings is 1. The lowest BCUT2D eigenvalue weighted by molar-refractivity contribution is -0.128. The fraction of sp³-hybridized carbons (Fsp3) is 0.364. The van der Waals surface area contributed by atoms with E-state index in [1.807, 2.05) is 0 Å². The smallest absolute Gasteiger partial charge is 0.414 e. The van der Waals surface area contributed by atoms with Crippen LogP contribution < -0.4 is 10.1 Å². The van der Waals surface area contributed by atoms with Crippen molar-refractivity contribution in [3.8, 4) is 11.5 Å². The van der Waals surface area contributed by atoms with E-state index in [9.17, 15) is 14.0 Å². The van der Waals surface area contributed by atoms with E-state index < -0.39 is 23.2 Å². The van der Waals surface area contributed by atoms with E-state index >= 15 is 0 Å². The van der Waals surface area contributed by atoms with Crippen LogP contribution in [-0.4, -0.2) is 40.5 Å². The highest BCUT2D eigenvalue weighted by molar-refractivity contribution is 9.10. The Morgan fingerprint density at radius 3 is 2.72 bits per heavy atom. The van der Waals surface area contributed by atoms with Gasteiger partial charge in [-0.15, -0.1) is 0 Å². The van der Waals surface area contributed by atoms with E-state index in [-0.39, 0.29) is 24.0 Å². The van der Waals surface area contributed by atoms with Gasteiger partial charge in [-0.25, -0.2) is 14.8 Å². The molecule has 1 unspecified atom stereocenters. The summed E-state index contributed by atoms with van der Waals surface area (Å²) in [6, 6.07) is 6.84. The minimum atomic E-state index is -1.32. The molecule has 2 aromatic rings. The number of hydrogen-bond donors (Lipinski definition) is 1. The maximum absolute atomic E-state index is 14.8. The lowest BCUT2D eigenvalue weighted by Gasteiger charge is -2.41. The van der Waals surface area contributed by atoms with Crippen LogP contribution in [0.25, 0.3) is 0 Å². The van der Waals surface area contributed by atoms with Crippen LogP contribution in [0, 0.1) is 12.9 Å². The maximum atomic E-state index is 14.8. The number of aliphatic imine (C=N–C) groups is 1. The highest BCUT2D eigenvalue weighted by Gasteiger charge is 2.49. The number of rotatable bonds is 0. The normalized spacial score (nSPS) is 19.7. The van der Waals surface area contributed by atoms with Crippen molar-refractivity contribution in [2.45, 2.75) is 45.3 Å². The molecule has 0 aliphatic carbocycles. The third-order valence-corrected chi connectivity index (χ3v) is 5.61. The Balaban J connectivity index is 1.94. The second-order valence-corrected chi connectivity index (χ2v) is 9.64. The number of guanidine groups is 1. The first-order valence-electron chi connectivity index (χ1n) is 9.91. The zero-order valence-electron chi connectivity index (χ0n) is 18.2. The van der Waals surface area contributed by atoms with Crippen molar-refractivity contribution >= 4 is 33.9 Å². The first kappa shape index (κ1) is 22.2. The minimum absolute atomic E-state index is 0.0100. The van der Waals surface area contributed by atoms with Crippen molar-refractivity contribution in [3.05, 3.63) is 51.5 Å². The van der Waals surface area contributed by atoms with E-state index in [2.05, 4.69) is 26.2 Å². The van der Waals surface area contributed by atoms with Gasteiger partial charge in [-0.05, 0) is 52.0 Å². The van der Waals surface area contributed by atoms with Gasteiger partial charge in [-0.3, -0.25) is 15.0 Å². The molecule has 0 saturated carbocycles. The topological polar surface area (TPSA) is 93.1 Å². The molecule has 2 aliphatic heterocycles. The molecule has 3 heterocycles. The van der Waals surface area contributed by atoms with Crippen LogP contribution in [0.2, 0.25) is 0 Å². The van der Waals surface area contributed by atoms with Crippen LogP contribution in [0.3, 0.4) is 0 Å². The summed E-state index contributed by atoms with van der Waals surface area (Å²) in [5.74, 6) is -0.869. The summed E-state index contributed by atoms with van der Waals surface area (Å²) in [6.07, 6.45) is -0.849. The number of ether oxygens (including phenoxy) is 2. The first-order valence-corrected chi connectivity index (χ1v) is 10.7. The van der Waals surface area contributed by atoms with Gasteiger partial charge in [-0.2, -0.15) is 4.39 Å². The maximum Gasteiger partial charge on any atom is 0.414 e. The number of benzene rings is 1. The molecule has 1 aromatic heterocycles. The Kier molecular flexibility index (Phi) is 5.23. The molecule has 1 aromatic carbocycles. The number of halogens is 2. The van der Waals surface area contributed by atoms with Crippen LogP contribution in [0.4, 0.5) is 9.18 Å². The highest BCUT2D eigenvalue weighted by atomic mass is 79.9. The molecule has 8 nitrogen and oxygen atoms in total. The van der Waals surface area contributed by atoms with Gasteiger partial charge in [0, 0.05) is 28.3 Å². The van der Waals surface area contributed by atoms with Crippen LogP contribution >= 0.6 is 15.9 Å². The molecule has 1 spiro atoms. The second-order valence-electron chi connectivity index (χ2n) is 8.73. The summed E-state index contributed by atoms with van der Waals surface area (Å²) < 4.78 is 26.7. The summed E-state index contributed by atoms with van der Waals surface area (Å²) >= 11 is 3.45. The molecule has 10 heteroatoms. The molecule has 0 bridgehead atoms. The van der Waals surface area contributed by atoms with Crippen molar-refractivity contribution in [2.75, 3.05) is 7.05 Å². The molecule has 0 saturated heterocycles. The quantitative estimate of drug-likeness (QED) is 0.537. The third kappa shape index (κ3) is 3.83. The number of alkyl carbamates (subject to hydrolysis) is 1. The minimum Gasteiger partial charge on any atom is -0.452 e. The SMILES string of the molecule is Cc1cc2c(c(F)n1)Oc1ccc(Br)cc1C21CC(=O)N(C)C(NC(=O)OC(C)(C)C)=N1. The molecule has 32 heavy (non-hydrogen) atoms. The molecule has 1 atom stereocenters. The van der Waals surface area contributed by atoms with Gasteiger partial charge in [0.1, 0.15) is 16.9 Å². The number of aryl methyl sites for hydroxylation is 1. The van der Waals surface area contributed by atoms with Crippen molar-refractivity contribution < 1.29 is 23.5 Å². The van der Waals surface area contributed by atoms with Crippen molar-refractivity contribution in [1.82, 2.24) is 15.2 Å². The van der Waals surface area contributed by atoms with Crippen molar-refractivity contribution in [2.24, 2.45) is 4.99 Å². The number of aromatic nitrogens is 1. The number of amides is 2. The fourth-order valence-electron chi connectivity index (χ4n) is 3.77. The predicted molar refractivity (Wildman–Crippen MR) is 118 cm³/mol. The Labute approximate surface area is 192 Å². The number of nitrogens with one attached hydrogen (secondary N) is 1. The van der Waals surface area contributed by atoms with Crippen LogP contribution in [-0.2, 0) is 15.1 Å². The van der Waals surface area contributed by atoms with E-state index in [1.54, 1.807) is 52.0 Å². The summed E-state index contributed by atoms with van der Waals surface area (Å²) in [4.78, 5) is 35.5. The van der Waals surface area contributed by atoms with Gasteiger partial charge in [0.25, 0.3) is 5.95 Å². The van der Waals surface area contributed by atoms with Crippen LogP contribution in [0.15, 0.2) is 33.7 Å².